The maximum Gasteiger partial charge on any atom is 0.309 e. The number of hydrogen-bond donors (Lipinski definition) is 1. The molecule has 1 heterocycles. The van der Waals surface area contributed by atoms with E-state index in [0.29, 0.717) is 5.92 Å². The molecular weight excluding hydrogens is 238 g/mol. The van der Waals surface area contributed by atoms with Crippen molar-refractivity contribution in [3.63, 3.8) is 0 Å². The van der Waals surface area contributed by atoms with Crippen LogP contribution in [0, 0.1) is 11.8 Å². The molecule has 0 amide bonds. The van der Waals surface area contributed by atoms with E-state index < -0.39 is 0 Å². The van der Waals surface area contributed by atoms with Crippen molar-refractivity contribution in [3.8, 4) is 0 Å². The molecular formula is C16H21NO2. The molecule has 1 saturated heterocycles. The van der Waals surface area contributed by atoms with E-state index in [1.165, 1.54) is 11.1 Å². The fraction of sp³-hybridized carbons (Fsp3) is 0.562. The molecule has 2 atom stereocenters. The molecule has 0 aromatic heterocycles. The molecule has 3 nitrogen and oxygen atoms in total. The summed E-state index contributed by atoms with van der Waals surface area (Å²) < 4.78 is 5.77. The molecule has 1 aliphatic heterocycles. The molecule has 1 N–H and O–H groups in total. The van der Waals surface area contributed by atoms with Crippen LogP contribution >= 0.6 is 0 Å². The van der Waals surface area contributed by atoms with Crippen LogP contribution in [0.4, 0.5) is 0 Å². The molecule has 2 aliphatic rings. The first kappa shape index (κ1) is 12.7. The standard InChI is InChI=1S/C16H21NO2/c1-11(13-9-17-10-13)16(18)19-15-8-4-6-12-5-2-3-7-14(12)15/h2-3,5,7,11,13,15,17H,4,6,8-10H2,1H3. The number of fused-ring (bicyclic) bond motifs is 1. The van der Waals surface area contributed by atoms with Crippen LogP contribution in [0.1, 0.15) is 37.0 Å². The Morgan fingerprint density at radius 1 is 1.37 bits per heavy atom. The smallest absolute Gasteiger partial charge is 0.309 e. The van der Waals surface area contributed by atoms with Crippen LogP contribution in [0.15, 0.2) is 24.3 Å². The van der Waals surface area contributed by atoms with Gasteiger partial charge in [0.15, 0.2) is 0 Å². The number of ether oxygens (including phenoxy) is 1. The van der Waals surface area contributed by atoms with Gasteiger partial charge < -0.3 is 10.1 Å². The Labute approximate surface area is 114 Å². The number of carbonyl (C=O) groups excluding carboxylic acids is 1. The Balaban J connectivity index is 1.68. The van der Waals surface area contributed by atoms with E-state index in [2.05, 4.69) is 23.5 Å². The molecule has 1 aliphatic carbocycles. The topological polar surface area (TPSA) is 38.3 Å². The molecule has 3 heteroatoms. The van der Waals surface area contributed by atoms with Crippen molar-refractivity contribution in [2.45, 2.75) is 32.3 Å². The Kier molecular flexibility index (Phi) is 3.56. The zero-order valence-corrected chi connectivity index (χ0v) is 11.4. The molecule has 0 bridgehead atoms. The van der Waals surface area contributed by atoms with E-state index in [9.17, 15) is 4.79 Å². The third kappa shape index (κ3) is 2.52. The van der Waals surface area contributed by atoms with Crippen molar-refractivity contribution in [2.24, 2.45) is 11.8 Å². The second-order valence-electron chi connectivity index (χ2n) is 5.72. The lowest BCUT2D eigenvalue weighted by Crippen LogP contribution is -2.47. The Morgan fingerprint density at radius 2 is 2.16 bits per heavy atom. The van der Waals surface area contributed by atoms with Crippen LogP contribution in [-0.2, 0) is 16.0 Å². The van der Waals surface area contributed by atoms with E-state index in [-0.39, 0.29) is 18.0 Å². The summed E-state index contributed by atoms with van der Waals surface area (Å²) in [5, 5.41) is 3.21. The van der Waals surface area contributed by atoms with Gasteiger partial charge in [0.25, 0.3) is 0 Å². The van der Waals surface area contributed by atoms with Crippen LogP contribution in [-0.4, -0.2) is 19.1 Å². The number of benzene rings is 1. The summed E-state index contributed by atoms with van der Waals surface area (Å²) in [6.07, 6.45) is 3.13. The van der Waals surface area contributed by atoms with E-state index in [0.717, 1.165) is 32.4 Å². The number of aryl methyl sites for hydroxylation is 1. The normalized spacial score (nSPS) is 24.2. The molecule has 1 fully saturated rings. The third-order valence-corrected chi connectivity index (χ3v) is 4.46. The zero-order chi connectivity index (χ0) is 13.2. The van der Waals surface area contributed by atoms with Gasteiger partial charge in [0.2, 0.25) is 0 Å². The molecule has 2 unspecified atom stereocenters. The van der Waals surface area contributed by atoms with Gasteiger partial charge in [-0.2, -0.15) is 0 Å². The van der Waals surface area contributed by atoms with Crippen LogP contribution < -0.4 is 5.32 Å². The lowest BCUT2D eigenvalue weighted by atomic mass is 9.87. The minimum Gasteiger partial charge on any atom is -0.457 e. The summed E-state index contributed by atoms with van der Waals surface area (Å²) in [5.41, 5.74) is 2.55. The Hall–Kier alpha value is -1.35. The molecule has 1 aromatic rings. The lowest BCUT2D eigenvalue weighted by Gasteiger charge is -2.33. The van der Waals surface area contributed by atoms with Crippen LogP contribution in [0.2, 0.25) is 0 Å². The number of carbonyl (C=O) groups is 1. The second kappa shape index (κ2) is 5.33. The highest BCUT2D eigenvalue weighted by atomic mass is 16.5. The second-order valence-corrected chi connectivity index (χ2v) is 5.72. The van der Waals surface area contributed by atoms with Gasteiger partial charge in [-0.25, -0.2) is 0 Å². The first-order chi connectivity index (χ1) is 9.25. The molecule has 0 spiro atoms. The quantitative estimate of drug-likeness (QED) is 0.847. The van der Waals surface area contributed by atoms with Crippen LogP contribution in [0.25, 0.3) is 0 Å². The van der Waals surface area contributed by atoms with Crippen molar-refractivity contribution >= 4 is 5.97 Å². The maximum atomic E-state index is 12.2. The zero-order valence-electron chi connectivity index (χ0n) is 11.4. The Bertz CT molecular complexity index is 468. The molecule has 0 saturated carbocycles. The average molecular weight is 259 g/mol. The molecule has 102 valence electrons. The monoisotopic (exact) mass is 259 g/mol. The number of esters is 1. The van der Waals surface area contributed by atoms with Gasteiger partial charge in [0.05, 0.1) is 5.92 Å². The highest BCUT2D eigenvalue weighted by Gasteiger charge is 2.32. The number of rotatable bonds is 3. The van der Waals surface area contributed by atoms with Crippen molar-refractivity contribution in [2.75, 3.05) is 13.1 Å². The van der Waals surface area contributed by atoms with Gasteiger partial charge in [-0.1, -0.05) is 31.2 Å². The van der Waals surface area contributed by atoms with Crippen molar-refractivity contribution in [1.29, 1.82) is 0 Å². The first-order valence-electron chi connectivity index (χ1n) is 7.24. The van der Waals surface area contributed by atoms with Gasteiger partial charge in [-0.15, -0.1) is 0 Å². The summed E-state index contributed by atoms with van der Waals surface area (Å²) in [6, 6.07) is 8.34. The predicted molar refractivity (Wildman–Crippen MR) is 73.7 cm³/mol. The first-order valence-corrected chi connectivity index (χ1v) is 7.24. The van der Waals surface area contributed by atoms with Crippen LogP contribution in [0.5, 0.6) is 0 Å². The van der Waals surface area contributed by atoms with E-state index >= 15 is 0 Å². The van der Waals surface area contributed by atoms with Gasteiger partial charge in [0, 0.05) is 0 Å². The highest BCUT2D eigenvalue weighted by molar-refractivity contribution is 5.73. The summed E-state index contributed by atoms with van der Waals surface area (Å²) >= 11 is 0. The maximum absolute atomic E-state index is 12.2. The van der Waals surface area contributed by atoms with Crippen molar-refractivity contribution in [3.05, 3.63) is 35.4 Å². The van der Waals surface area contributed by atoms with Gasteiger partial charge in [0.1, 0.15) is 6.10 Å². The van der Waals surface area contributed by atoms with E-state index in [1.807, 2.05) is 13.0 Å². The van der Waals surface area contributed by atoms with Crippen LogP contribution in [0.3, 0.4) is 0 Å². The van der Waals surface area contributed by atoms with Crippen molar-refractivity contribution in [1.82, 2.24) is 5.32 Å². The third-order valence-electron chi connectivity index (χ3n) is 4.46. The molecule has 1 aromatic carbocycles. The summed E-state index contributed by atoms with van der Waals surface area (Å²) in [4.78, 5) is 12.2. The van der Waals surface area contributed by atoms with E-state index in [4.69, 9.17) is 4.74 Å². The SMILES string of the molecule is CC(C(=O)OC1CCCc2ccccc21)C1CNC1. The lowest BCUT2D eigenvalue weighted by molar-refractivity contribution is -0.157. The number of hydrogen-bond acceptors (Lipinski definition) is 3. The van der Waals surface area contributed by atoms with Gasteiger partial charge >= 0.3 is 5.97 Å². The Morgan fingerprint density at radius 3 is 2.89 bits per heavy atom. The fourth-order valence-electron chi connectivity index (χ4n) is 2.94. The average Bonchev–Trinajstić information content (AvgIpc) is 2.37. The fourth-order valence-corrected chi connectivity index (χ4v) is 2.94. The molecule has 0 radical (unpaired) electrons. The predicted octanol–water partition coefficient (Wildman–Crippen LogP) is 2.46. The summed E-state index contributed by atoms with van der Waals surface area (Å²) in [5.74, 6) is 0.426. The van der Waals surface area contributed by atoms with E-state index in [1.54, 1.807) is 0 Å². The highest BCUT2D eigenvalue weighted by Crippen LogP contribution is 2.33. The largest absolute Gasteiger partial charge is 0.457 e. The summed E-state index contributed by atoms with van der Waals surface area (Å²) in [7, 11) is 0. The van der Waals surface area contributed by atoms with Gasteiger partial charge in [-0.3, -0.25) is 4.79 Å². The minimum atomic E-state index is -0.0343. The van der Waals surface area contributed by atoms with Crippen molar-refractivity contribution < 1.29 is 9.53 Å². The molecule has 19 heavy (non-hydrogen) atoms. The van der Waals surface area contributed by atoms with Gasteiger partial charge in [-0.05, 0) is 49.4 Å². The molecule has 3 rings (SSSR count). The minimum absolute atomic E-state index is 0.00957. The summed E-state index contributed by atoms with van der Waals surface area (Å²) in [6.45, 7) is 3.87. The number of nitrogens with one attached hydrogen (secondary N) is 1.